The van der Waals surface area contributed by atoms with E-state index in [4.69, 9.17) is 4.74 Å². The van der Waals surface area contributed by atoms with Gasteiger partial charge in [-0.2, -0.15) is 0 Å². The smallest absolute Gasteiger partial charge is 0.336 e. The Morgan fingerprint density at radius 1 is 1.03 bits per heavy atom. The summed E-state index contributed by atoms with van der Waals surface area (Å²) in [5.74, 6) is -2.96. The van der Waals surface area contributed by atoms with Gasteiger partial charge >= 0.3 is 5.97 Å². The molecule has 0 aromatic heterocycles. The van der Waals surface area contributed by atoms with E-state index >= 15 is 0 Å². The molecule has 166 valence electrons. The van der Waals surface area contributed by atoms with Crippen LogP contribution in [0.25, 0.3) is 0 Å². The Morgan fingerprint density at radius 2 is 1.59 bits per heavy atom. The SMILES string of the molecule is CCCCCCCCCCCCOC(=O)C(S)S(=O)(=O)Nc1ccc(F)cc1F. The van der Waals surface area contributed by atoms with E-state index in [1.165, 1.54) is 38.5 Å². The second kappa shape index (κ2) is 13.8. The Bertz CT molecular complexity index is 729. The van der Waals surface area contributed by atoms with E-state index in [1.54, 1.807) is 0 Å². The summed E-state index contributed by atoms with van der Waals surface area (Å²) in [5, 5.41) is 0. The van der Waals surface area contributed by atoms with E-state index < -0.39 is 37.9 Å². The van der Waals surface area contributed by atoms with Crippen molar-refractivity contribution < 1.29 is 26.7 Å². The van der Waals surface area contributed by atoms with Crippen molar-refractivity contribution in [2.45, 2.75) is 75.7 Å². The van der Waals surface area contributed by atoms with Crippen LogP contribution in [0.5, 0.6) is 0 Å². The molecule has 1 atom stereocenters. The molecule has 1 aromatic rings. The average Bonchev–Trinajstić information content (AvgIpc) is 2.67. The van der Waals surface area contributed by atoms with E-state index in [2.05, 4.69) is 19.6 Å². The van der Waals surface area contributed by atoms with Gasteiger partial charge in [0.05, 0.1) is 12.3 Å². The molecule has 0 saturated carbocycles. The van der Waals surface area contributed by atoms with Crippen molar-refractivity contribution in [2.24, 2.45) is 0 Å². The van der Waals surface area contributed by atoms with Crippen LogP contribution in [0.2, 0.25) is 0 Å². The highest BCUT2D eigenvalue weighted by Gasteiger charge is 2.31. The first kappa shape index (κ1) is 25.7. The summed E-state index contributed by atoms with van der Waals surface area (Å²) in [6, 6.07) is 2.37. The van der Waals surface area contributed by atoms with Crippen molar-refractivity contribution in [1.29, 1.82) is 0 Å². The quantitative estimate of drug-likeness (QED) is 0.212. The van der Waals surface area contributed by atoms with Crippen LogP contribution in [0.3, 0.4) is 0 Å². The Hall–Kier alpha value is -1.35. The van der Waals surface area contributed by atoms with Gasteiger partial charge < -0.3 is 4.74 Å². The Kier molecular flexibility index (Phi) is 12.2. The largest absolute Gasteiger partial charge is 0.464 e. The fourth-order valence-corrected chi connectivity index (χ4v) is 3.88. The predicted molar refractivity (Wildman–Crippen MR) is 114 cm³/mol. The minimum absolute atomic E-state index is 0.104. The first-order chi connectivity index (χ1) is 13.8. The number of rotatable bonds is 15. The number of carbonyl (C=O) groups is 1. The highest BCUT2D eigenvalue weighted by molar-refractivity contribution is 8.06. The zero-order valence-electron chi connectivity index (χ0n) is 16.8. The number of halogens is 2. The minimum atomic E-state index is -4.34. The van der Waals surface area contributed by atoms with Crippen LogP contribution < -0.4 is 4.72 Å². The number of thiol groups is 1. The molecule has 1 N–H and O–H groups in total. The molecule has 0 radical (unpaired) electrons. The molecular weight excluding hydrogens is 420 g/mol. The van der Waals surface area contributed by atoms with Crippen LogP contribution in [0.1, 0.15) is 71.1 Å². The summed E-state index contributed by atoms with van der Waals surface area (Å²) in [6.45, 7) is 2.30. The lowest BCUT2D eigenvalue weighted by Gasteiger charge is -2.14. The molecule has 29 heavy (non-hydrogen) atoms. The summed E-state index contributed by atoms with van der Waals surface area (Å²) in [7, 11) is -4.34. The van der Waals surface area contributed by atoms with E-state index in [0.717, 1.165) is 31.4 Å². The van der Waals surface area contributed by atoms with Gasteiger partial charge in [-0.25, -0.2) is 22.0 Å². The van der Waals surface area contributed by atoms with Crippen LogP contribution in [0, 0.1) is 11.6 Å². The van der Waals surface area contributed by atoms with Gasteiger partial charge in [0.1, 0.15) is 11.6 Å². The molecule has 5 nitrogen and oxygen atoms in total. The van der Waals surface area contributed by atoms with Crippen molar-refractivity contribution in [3.05, 3.63) is 29.8 Å². The number of hydrogen-bond donors (Lipinski definition) is 2. The Balaban J connectivity index is 2.24. The standard InChI is InChI=1S/C20H31F2NO4S2/c1-2-3-4-5-6-7-8-9-10-11-14-27-19(24)20(28)29(25,26)23-18-13-12-16(21)15-17(18)22/h12-13,15,20,23,28H,2-11,14H2,1H3. The third kappa shape index (κ3) is 10.3. The number of ether oxygens (including phenoxy) is 1. The number of nitrogens with one attached hydrogen (secondary N) is 1. The molecule has 0 fully saturated rings. The fourth-order valence-electron chi connectivity index (χ4n) is 2.74. The zero-order valence-corrected chi connectivity index (χ0v) is 18.5. The van der Waals surface area contributed by atoms with E-state index in [-0.39, 0.29) is 6.61 Å². The maximum absolute atomic E-state index is 13.6. The zero-order chi connectivity index (χ0) is 21.7. The molecule has 0 bridgehead atoms. The lowest BCUT2D eigenvalue weighted by molar-refractivity contribution is -0.141. The minimum Gasteiger partial charge on any atom is -0.464 e. The molecule has 0 aliphatic carbocycles. The van der Waals surface area contributed by atoms with E-state index in [9.17, 15) is 22.0 Å². The third-order valence-electron chi connectivity index (χ3n) is 4.42. The van der Waals surface area contributed by atoms with Crippen LogP contribution in [0.4, 0.5) is 14.5 Å². The summed E-state index contributed by atoms with van der Waals surface area (Å²) >= 11 is 3.77. The second-order valence-electron chi connectivity index (χ2n) is 6.97. The number of unbranched alkanes of at least 4 members (excludes halogenated alkanes) is 9. The third-order valence-corrected chi connectivity index (χ3v) is 6.75. The van der Waals surface area contributed by atoms with Gasteiger partial charge in [0, 0.05) is 6.07 Å². The van der Waals surface area contributed by atoms with E-state index in [0.29, 0.717) is 12.5 Å². The molecule has 0 spiro atoms. The van der Waals surface area contributed by atoms with Crippen molar-refractivity contribution in [3.63, 3.8) is 0 Å². The first-order valence-electron chi connectivity index (χ1n) is 10.1. The second-order valence-corrected chi connectivity index (χ2v) is 9.60. The van der Waals surface area contributed by atoms with Crippen LogP contribution in [-0.2, 0) is 19.6 Å². The summed E-state index contributed by atoms with van der Waals surface area (Å²) in [4.78, 5) is 11.9. The number of carbonyl (C=O) groups excluding carboxylic acids is 1. The fraction of sp³-hybridized carbons (Fsp3) is 0.650. The number of esters is 1. The van der Waals surface area contributed by atoms with Gasteiger partial charge in [-0.05, 0) is 18.6 Å². The predicted octanol–water partition coefficient (Wildman–Crippen LogP) is 5.43. The van der Waals surface area contributed by atoms with Crippen LogP contribution in [-0.4, -0.2) is 25.6 Å². The topological polar surface area (TPSA) is 72.5 Å². The van der Waals surface area contributed by atoms with Crippen molar-refractivity contribution in [1.82, 2.24) is 0 Å². The number of sulfonamides is 1. The number of hydrogen-bond acceptors (Lipinski definition) is 5. The van der Waals surface area contributed by atoms with Gasteiger partial charge in [0.25, 0.3) is 10.0 Å². The van der Waals surface area contributed by atoms with Gasteiger partial charge in [-0.1, -0.05) is 64.7 Å². The first-order valence-corrected chi connectivity index (χ1v) is 12.2. The van der Waals surface area contributed by atoms with Gasteiger partial charge in [-0.15, -0.1) is 12.6 Å². The lowest BCUT2D eigenvalue weighted by Crippen LogP contribution is -2.32. The molecule has 0 heterocycles. The number of anilines is 1. The molecule has 1 rings (SSSR count). The van der Waals surface area contributed by atoms with Gasteiger partial charge in [0.15, 0.2) is 0 Å². The lowest BCUT2D eigenvalue weighted by atomic mass is 10.1. The van der Waals surface area contributed by atoms with Crippen molar-refractivity contribution in [2.75, 3.05) is 11.3 Å². The highest BCUT2D eigenvalue weighted by Crippen LogP contribution is 2.19. The maximum atomic E-state index is 13.6. The molecule has 1 unspecified atom stereocenters. The van der Waals surface area contributed by atoms with Gasteiger partial charge in [0.2, 0.25) is 4.58 Å². The molecule has 0 amide bonds. The van der Waals surface area contributed by atoms with Crippen molar-refractivity contribution >= 4 is 34.3 Å². The van der Waals surface area contributed by atoms with Gasteiger partial charge in [-0.3, -0.25) is 4.72 Å². The molecule has 0 aliphatic heterocycles. The summed E-state index contributed by atoms with van der Waals surface area (Å²) < 4.78 is 55.8. The van der Waals surface area contributed by atoms with E-state index in [1.807, 2.05) is 4.72 Å². The molecule has 1 aromatic carbocycles. The molecule has 9 heteroatoms. The monoisotopic (exact) mass is 451 g/mol. The molecular formula is C20H31F2NO4S2. The highest BCUT2D eigenvalue weighted by atomic mass is 32.3. The van der Waals surface area contributed by atoms with Crippen LogP contribution in [0.15, 0.2) is 18.2 Å². The normalized spacial score (nSPS) is 12.6. The van der Waals surface area contributed by atoms with Crippen molar-refractivity contribution in [3.8, 4) is 0 Å². The average molecular weight is 452 g/mol. The molecule has 0 aliphatic rings. The summed E-state index contributed by atoms with van der Waals surface area (Å²) in [6.07, 6.45) is 11.3. The Morgan fingerprint density at radius 3 is 2.14 bits per heavy atom. The number of benzene rings is 1. The maximum Gasteiger partial charge on any atom is 0.336 e. The Labute approximate surface area is 178 Å². The molecule has 0 saturated heterocycles. The summed E-state index contributed by atoms with van der Waals surface area (Å²) in [5.41, 5.74) is -0.465. The van der Waals surface area contributed by atoms with Crippen LogP contribution >= 0.6 is 12.6 Å².